The summed E-state index contributed by atoms with van der Waals surface area (Å²) in [6, 6.07) is 0.710. The topological polar surface area (TPSA) is 20.2 Å². The van der Waals surface area contributed by atoms with Crippen LogP contribution in [-0.4, -0.2) is 8.90 Å². The molecule has 15 heavy (non-hydrogen) atoms. The van der Waals surface area contributed by atoms with Gasteiger partial charge in [0.15, 0.2) is 11.6 Å². The average molecular weight is 279 g/mol. The van der Waals surface area contributed by atoms with Gasteiger partial charge in [-0.2, -0.15) is 0 Å². The van der Waals surface area contributed by atoms with E-state index in [-0.39, 0.29) is 6.07 Å². The quantitative estimate of drug-likeness (QED) is 0.616. The second-order valence-corrected chi connectivity index (χ2v) is 5.10. The van der Waals surface area contributed by atoms with E-state index >= 15 is 0 Å². The first-order chi connectivity index (χ1) is 6.73. The zero-order valence-electron chi connectivity index (χ0n) is 6.95. The van der Waals surface area contributed by atoms with Gasteiger partial charge in [-0.25, -0.2) is 13.2 Å². The third-order valence-corrected chi connectivity index (χ3v) is 2.26. The molecule has 1 N–H and O–H groups in total. The molecule has 1 nitrogen and oxygen atoms in total. The lowest BCUT2D eigenvalue weighted by Gasteiger charge is -2.19. The van der Waals surface area contributed by atoms with Crippen LogP contribution < -0.4 is 0 Å². The van der Waals surface area contributed by atoms with Crippen LogP contribution in [0.3, 0.4) is 0 Å². The molecule has 0 aliphatic rings. The predicted molar refractivity (Wildman–Crippen MR) is 51.6 cm³/mol. The number of hydrogen-bond donors (Lipinski definition) is 1. The van der Waals surface area contributed by atoms with E-state index in [9.17, 15) is 18.3 Å². The van der Waals surface area contributed by atoms with Crippen molar-refractivity contribution in [2.75, 3.05) is 0 Å². The first-order valence-corrected chi connectivity index (χ1v) is 4.76. The summed E-state index contributed by atoms with van der Waals surface area (Å²) in [7, 11) is 0. The first kappa shape index (κ1) is 12.9. The number of aliphatic hydroxyl groups is 1. The van der Waals surface area contributed by atoms with Gasteiger partial charge < -0.3 is 5.11 Å². The lowest BCUT2D eigenvalue weighted by atomic mass is 10.1. The van der Waals surface area contributed by atoms with Crippen molar-refractivity contribution in [3.63, 3.8) is 0 Å². The minimum atomic E-state index is -2.22. The van der Waals surface area contributed by atoms with E-state index in [2.05, 4.69) is 0 Å². The van der Waals surface area contributed by atoms with Crippen molar-refractivity contribution < 1.29 is 18.3 Å². The molecule has 1 aromatic rings. The molecule has 0 amide bonds. The molecule has 0 heterocycles. The van der Waals surface area contributed by atoms with Crippen molar-refractivity contribution in [3.05, 3.63) is 35.1 Å². The molecule has 0 radical (unpaired) electrons. The summed E-state index contributed by atoms with van der Waals surface area (Å²) in [5.41, 5.74) is -0.617. The lowest BCUT2D eigenvalue weighted by molar-refractivity contribution is 0.176. The Morgan fingerprint density at radius 1 is 1.00 bits per heavy atom. The summed E-state index contributed by atoms with van der Waals surface area (Å²) in [5.74, 6) is -3.90. The zero-order valence-corrected chi connectivity index (χ0v) is 9.21. The summed E-state index contributed by atoms with van der Waals surface area (Å²) in [6.45, 7) is 0. The highest BCUT2D eigenvalue weighted by Gasteiger charge is 2.34. The van der Waals surface area contributed by atoms with E-state index in [0.717, 1.165) is 0 Å². The Kier molecular flexibility index (Phi) is 3.76. The number of alkyl halides is 3. The molecule has 0 aliphatic heterocycles. The van der Waals surface area contributed by atoms with Gasteiger partial charge in [-0.1, -0.05) is 34.8 Å². The van der Waals surface area contributed by atoms with Gasteiger partial charge >= 0.3 is 0 Å². The van der Waals surface area contributed by atoms with Crippen molar-refractivity contribution in [2.24, 2.45) is 0 Å². The maximum absolute atomic E-state index is 13.1. The predicted octanol–water partition coefficient (Wildman–Crippen LogP) is 3.51. The minimum Gasteiger partial charge on any atom is -0.384 e. The van der Waals surface area contributed by atoms with Crippen LogP contribution >= 0.6 is 34.8 Å². The molecular weight excluding hydrogens is 275 g/mol. The van der Waals surface area contributed by atoms with Gasteiger partial charge in [0.05, 0.1) is 0 Å². The molecule has 1 rings (SSSR count). The summed E-state index contributed by atoms with van der Waals surface area (Å²) in [6.07, 6.45) is -1.88. The fourth-order valence-electron chi connectivity index (χ4n) is 0.924. The monoisotopic (exact) mass is 278 g/mol. The van der Waals surface area contributed by atoms with Gasteiger partial charge in [-0.15, -0.1) is 0 Å². The highest BCUT2D eigenvalue weighted by atomic mass is 35.6. The number of benzene rings is 1. The highest BCUT2D eigenvalue weighted by Crippen LogP contribution is 2.40. The zero-order chi connectivity index (χ0) is 11.8. The van der Waals surface area contributed by atoms with Crippen LogP contribution in [0, 0.1) is 17.5 Å². The molecule has 84 valence electrons. The maximum Gasteiger partial charge on any atom is 0.220 e. The molecular formula is C8H4Cl3F3O. The number of aliphatic hydroxyl groups excluding tert-OH is 1. The second-order valence-electron chi connectivity index (χ2n) is 2.73. The molecule has 1 unspecified atom stereocenters. The van der Waals surface area contributed by atoms with Crippen LogP contribution in [0.4, 0.5) is 13.2 Å². The lowest BCUT2D eigenvalue weighted by Crippen LogP contribution is -2.18. The van der Waals surface area contributed by atoms with Gasteiger partial charge in [-0.3, -0.25) is 0 Å². The molecule has 0 aliphatic carbocycles. The van der Waals surface area contributed by atoms with Gasteiger partial charge in [0.25, 0.3) is 0 Å². The number of halogens is 6. The number of rotatable bonds is 1. The van der Waals surface area contributed by atoms with Crippen molar-refractivity contribution in [2.45, 2.75) is 9.90 Å². The molecule has 1 aromatic carbocycles. The summed E-state index contributed by atoms with van der Waals surface area (Å²) >= 11 is 15.8. The SMILES string of the molecule is OC(c1cc(F)c(F)cc1F)C(Cl)(Cl)Cl. The smallest absolute Gasteiger partial charge is 0.220 e. The maximum atomic E-state index is 13.1. The van der Waals surface area contributed by atoms with E-state index in [4.69, 9.17) is 34.8 Å². The Bertz CT molecular complexity index is 378. The first-order valence-electron chi connectivity index (χ1n) is 3.62. The Morgan fingerprint density at radius 3 is 1.93 bits per heavy atom. The van der Waals surface area contributed by atoms with Gasteiger partial charge in [0.1, 0.15) is 11.9 Å². The van der Waals surface area contributed by atoms with E-state index in [1.165, 1.54) is 0 Å². The molecule has 0 saturated carbocycles. The molecule has 0 spiro atoms. The minimum absolute atomic E-state index is 0.268. The molecule has 0 fully saturated rings. The van der Waals surface area contributed by atoms with Crippen molar-refractivity contribution >= 4 is 34.8 Å². The average Bonchev–Trinajstić information content (AvgIpc) is 2.08. The number of hydrogen-bond acceptors (Lipinski definition) is 1. The van der Waals surface area contributed by atoms with E-state index in [1.807, 2.05) is 0 Å². The van der Waals surface area contributed by atoms with E-state index in [1.54, 1.807) is 0 Å². The summed E-state index contributed by atoms with van der Waals surface area (Å²) in [4.78, 5) is 0. The van der Waals surface area contributed by atoms with Crippen LogP contribution in [0.5, 0.6) is 0 Å². The molecule has 1 atom stereocenters. The third-order valence-electron chi connectivity index (χ3n) is 1.64. The van der Waals surface area contributed by atoms with Crippen molar-refractivity contribution in [1.82, 2.24) is 0 Å². The van der Waals surface area contributed by atoms with Gasteiger partial charge in [0.2, 0.25) is 3.79 Å². The fourth-order valence-corrected chi connectivity index (χ4v) is 1.28. The van der Waals surface area contributed by atoms with Crippen LogP contribution in [0.1, 0.15) is 11.7 Å². The van der Waals surface area contributed by atoms with Crippen LogP contribution in [0.2, 0.25) is 0 Å². The largest absolute Gasteiger partial charge is 0.384 e. The van der Waals surface area contributed by atoms with Crippen molar-refractivity contribution in [3.8, 4) is 0 Å². The van der Waals surface area contributed by atoms with E-state index in [0.29, 0.717) is 6.07 Å². The van der Waals surface area contributed by atoms with Crippen LogP contribution in [0.15, 0.2) is 12.1 Å². The standard InChI is InChI=1S/C8H4Cl3F3O/c9-8(10,11)7(15)3-1-5(13)6(14)2-4(3)12/h1-2,7,15H. The summed E-state index contributed by atoms with van der Waals surface area (Å²) in [5, 5.41) is 9.33. The molecule has 7 heteroatoms. The van der Waals surface area contributed by atoms with Crippen molar-refractivity contribution in [1.29, 1.82) is 0 Å². The van der Waals surface area contributed by atoms with Gasteiger partial charge in [0, 0.05) is 11.6 Å². The van der Waals surface area contributed by atoms with Gasteiger partial charge in [-0.05, 0) is 6.07 Å². The molecule has 0 aromatic heterocycles. The normalized spacial score (nSPS) is 14.1. The Balaban J connectivity index is 3.21. The van der Waals surface area contributed by atoms with Crippen LogP contribution in [-0.2, 0) is 0 Å². The van der Waals surface area contributed by atoms with E-state index < -0.39 is 32.9 Å². The third kappa shape index (κ3) is 2.91. The fraction of sp³-hybridized carbons (Fsp3) is 0.250. The highest BCUT2D eigenvalue weighted by molar-refractivity contribution is 6.68. The summed E-state index contributed by atoms with van der Waals surface area (Å²) < 4.78 is 36.1. The molecule has 0 bridgehead atoms. The Morgan fingerprint density at radius 2 is 1.47 bits per heavy atom. The Labute approximate surface area is 98.4 Å². The van der Waals surface area contributed by atoms with Crippen LogP contribution in [0.25, 0.3) is 0 Å². The second kappa shape index (κ2) is 4.37. The Hall–Kier alpha value is -0.160. The molecule has 0 saturated heterocycles.